The van der Waals surface area contributed by atoms with Crippen LogP contribution in [0.1, 0.15) is 135 Å². The van der Waals surface area contributed by atoms with Crippen LogP contribution >= 0.6 is 7.82 Å². The van der Waals surface area contributed by atoms with Crippen LogP contribution < -0.4 is 23.8 Å². The molecule has 1 N–H and O–H groups in total. The molecule has 1 atom stereocenters. The van der Waals surface area contributed by atoms with Crippen molar-refractivity contribution in [2.24, 2.45) is 0 Å². The van der Waals surface area contributed by atoms with E-state index in [0.717, 1.165) is 12.8 Å². The summed E-state index contributed by atoms with van der Waals surface area (Å²) in [5.74, 6) is 0. The average molecular weight is 413 g/mol. The van der Waals surface area contributed by atoms with Crippen molar-refractivity contribution in [3.8, 4) is 0 Å². The van der Waals surface area contributed by atoms with Gasteiger partial charge in [-0.15, -0.1) is 0 Å². The molecule has 28 heavy (non-hydrogen) atoms. The Morgan fingerprint density at radius 1 is 0.607 bits per heavy atom. The second kappa shape index (κ2) is 24.0. The third-order valence-corrected chi connectivity index (χ3v) is 5.76. The third-order valence-electron chi connectivity index (χ3n) is 5.25. The molecular weight excluding hydrogens is 366 g/mol. The quantitative estimate of drug-likeness (QED) is 0.164. The molecule has 0 radical (unpaired) electrons. The van der Waals surface area contributed by atoms with E-state index >= 15 is 0 Å². The molecule has 0 aromatic rings. The molecular formula is C22H46LiO4P. The minimum atomic E-state index is -4.51. The molecule has 0 aromatic heterocycles. The molecule has 1 unspecified atom stereocenters. The van der Waals surface area contributed by atoms with E-state index in [-0.39, 0.29) is 25.5 Å². The van der Waals surface area contributed by atoms with E-state index in [4.69, 9.17) is 4.89 Å². The maximum Gasteiger partial charge on any atom is 1.00 e. The fourth-order valence-electron chi connectivity index (χ4n) is 3.54. The molecule has 4 nitrogen and oxygen atoms in total. The molecule has 0 aromatic carbocycles. The second-order valence-corrected chi connectivity index (χ2v) is 9.21. The van der Waals surface area contributed by atoms with Crippen molar-refractivity contribution >= 4 is 7.82 Å². The number of rotatable bonds is 22. The largest absolute Gasteiger partial charge is 1.00 e. The van der Waals surface area contributed by atoms with Crippen molar-refractivity contribution in [3.05, 3.63) is 0 Å². The first-order valence-corrected chi connectivity index (χ1v) is 13.2. The normalized spacial score (nSPS) is 13.2. The van der Waals surface area contributed by atoms with Gasteiger partial charge in [-0.25, -0.2) is 0 Å². The zero-order chi connectivity index (χ0) is 20.1. The van der Waals surface area contributed by atoms with Gasteiger partial charge in [-0.1, -0.05) is 129 Å². The van der Waals surface area contributed by atoms with Gasteiger partial charge >= 0.3 is 18.9 Å². The predicted molar refractivity (Wildman–Crippen MR) is 114 cm³/mol. The van der Waals surface area contributed by atoms with E-state index in [1.165, 1.54) is 109 Å². The van der Waals surface area contributed by atoms with Gasteiger partial charge in [0.1, 0.15) is 0 Å². The standard InChI is InChI=1S/C22H47O4P.Li/c1-2-3-4-5-6-7-8-9-10-11-12-13-14-15-16-17-18-19-20-21-22-26-27(23,24)25;/h2-22H2,1H3,(H2,23,24,25);/q;+1/p-1. The van der Waals surface area contributed by atoms with E-state index in [1.54, 1.807) is 0 Å². The minimum Gasteiger partial charge on any atom is -0.756 e. The Kier molecular flexibility index (Phi) is 26.5. The Balaban J connectivity index is 0. The fourth-order valence-corrected chi connectivity index (χ4v) is 3.90. The molecule has 0 fully saturated rings. The first kappa shape index (κ1) is 30.9. The summed E-state index contributed by atoms with van der Waals surface area (Å²) in [6.45, 7) is 2.38. The molecule has 164 valence electrons. The van der Waals surface area contributed by atoms with Crippen molar-refractivity contribution in [1.29, 1.82) is 0 Å². The molecule has 6 heteroatoms. The molecule has 0 aliphatic heterocycles. The van der Waals surface area contributed by atoms with E-state index in [1.807, 2.05) is 0 Å². The Hall–Kier alpha value is 0.707. The predicted octanol–water partition coefficient (Wildman–Crippen LogP) is 4.29. The summed E-state index contributed by atoms with van der Waals surface area (Å²) in [6.07, 6.45) is 26.4. The summed E-state index contributed by atoms with van der Waals surface area (Å²) in [4.78, 5) is 18.8. The monoisotopic (exact) mass is 412 g/mol. The van der Waals surface area contributed by atoms with Crippen LogP contribution in [0, 0.1) is 0 Å². The minimum absolute atomic E-state index is 0. The van der Waals surface area contributed by atoms with Crippen LogP contribution in [0.2, 0.25) is 0 Å². The van der Waals surface area contributed by atoms with Crippen molar-refractivity contribution < 1.29 is 37.7 Å². The number of hydrogen-bond donors (Lipinski definition) is 1. The molecule has 0 heterocycles. The van der Waals surface area contributed by atoms with Crippen LogP contribution in [0.5, 0.6) is 0 Å². The Bertz CT molecular complexity index is 336. The van der Waals surface area contributed by atoms with Crippen LogP contribution in [0.3, 0.4) is 0 Å². The van der Waals surface area contributed by atoms with E-state index in [2.05, 4.69) is 11.4 Å². The van der Waals surface area contributed by atoms with Crippen molar-refractivity contribution in [2.75, 3.05) is 6.61 Å². The summed E-state index contributed by atoms with van der Waals surface area (Å²) in [7, 11) is -4.51. The van der Waals surface area contributed by atoms with Gasteiger partial charge in [-0.2, -0.15) is 0 Å². The summed E-state index contributed by atoms with van der Waals surface area (Å²) >= 11 is 0. The van der Waals surface area contributed by atoms with Gasteiger partial charge in [0.05, 0.1) is 6.61 Å². The second-order valence-electron chi connectivity index (χ2n) is 8.02. The SMILES string of the molecule is CCCCCCCCCCCCCCCCCCCCCCOP(=O)([O-])O.[Li+]. The van der Waals surface area contributed by atoms with Crippen molar-refractivity contribution in [3.63, 3.8) is 0 Å². The topological polar surface area (TPSA) is 69.6 Å². The van der Waals surface area contributed by atoms with Gasteiger partial charge in [-0.3, -0.25) is 4.57 Å². The summed E-state index contributed by atoms with van der Waals surface area (Å²) in [6, 6.07) is 0. The Morgan fingerprint density at radius 2 is 0.857 bits per heavy atom. The maximum atomic E-state index is 10.4. The zero-order valence-electron chi connectivity index (χ0n) is 19.0. The number of phosphoric acid groups is 1. The Morgan fingerprint density at radius 3 is 1.11 bits per heavy atom. The zero-order valence-corrected chi connectivity index (χ0v) is 19.9. The third kappa shape index (κ3) is 28.9. The average Bonchev–Trinajstić information content (AvgIpc) is 2.62. The molecule has 0 saturated heterocycles. The van der Waals surface area contributed by atoms with Crippen molar-refractivity contribution in [1.82, 2.24) is 0 Å². The molecule has 0 rings (SSSR count). The Labute approximate surface area is 187 Å². The van der Waals surface area contributed by atoms with Gasteiger partial charge < -0.3 is 14.3 Å². The first-order chi connectivity index (χ1) is 13.1. The summed E-state index contributed by atoms with van der Waals surface area (Å²) < 4.78 is 14.7. The summed E-state index contributed by atoms with van der Waals surface area (Å²) in [5, 5.41) is 0. The van der Waals surface area contributed by atoms with Gasteiger partial charge in [0.25, 0.3) is 7.82 Å². The maximum absolute atomic E-state index is 10.4. The fraction of sp³-hybridized carbons (Fsp3) is 1.00. The van der Waals surface area contributed by atoms with Crippen LogP contribution in [0.4, 0.5) is 0 Å². The van der Waals surface area contributed by atoms with Crippen LogP contribution in [-0.2, 0) is 9.09 Å². The molecule has 0 bridgehead atoms. The number of unbranched alkanes of at least 4 members (excludes halogenated alkanes) is 19. The van der Waals surface area contributed by atoms with Gasteiger partial charge in [-0.05, 0) is 6.42 Å². The molecule has 0 aliphatic carbocycles. The number of phosphoric ester groups is 1. The van der Waals surface area contributed by atoms with E-state index in [0.29, 0.717) is 6.42 Å². The van der Waals surface area contributed by atoms with Gasteiger partial charge in [0, 0.05) is 0 Å². The van der Waals surface area contributed by atoms with Crippen molar-refractivity contribution in [2.45, 2.75) is 135 Å². The first-order valence-electron chi connectivity index (χ1n) is 11.7. The van der Waals surface area contributed by atoms with Crippen LogP contribution in [0.25, 0.3) is 0 Å². The smallest absolute Gasteiger partial charge is 0.756 e. The van der Waals surface area contributed by atoms with Crippen LogP contribution in [-0.4, -0.2) is 11.5 Å². The van der Waals surface area contributed by atoms with Crippen LogP contribution in [0.15, 0.2) is 0 Å². The van der Waals surface area contributed by atoms with E-state index in [9.17, 15) is 9.46 Å². The molecule has 0 spiro atoms. The van der Waals surface area contributed by atoms with Gasteiger partial charge in [0.2, 0.25) is 0 Å². The number of hydrogen-bond acceptors (Lipinski definition) is 3. The molecule has 0 saturated carbocycles. The van der Waals surface area contributed by atoms with E-state index < -0.39 is 7.82 Å². The molecule has 0 amide bonds. The van der Waals surface area contributed by atoms with Gasteiger partial charge in [0.15, 0.2) is 0 Å². The summed E-state index contributed by atoms with van der Waals surface area (Å²) in [5.41, 5.74) is 0. The molecule has 0 aliphatic rings.